The molecule has 1 aliphatic rings. The topological polar surface area (TPSA) is 29.3 Å². The number of piperidine rings is 1. The van der Waals surface area contributed by atoms with Crippen molar-refractivity contribution in [2.24, 2.45) is 11.7 Å². The molecule has 1 fully saturated rings. The first-order valence-corrected chi connectivity index (χ1v) is 6.29. The van der Waals surface area contributed by atoms with Crippen molar-refractivity contribution in [3.63, 3.8) is 0 Å². The summed E-state index contributed by atoms with van der Waals surface area (Å²) < 4.78 is 0. The summed E-state index contributed by atoms with van der Waals surface area (Å²) >= 11 is 0. The van der Waals surface area contributed by atoms with Crippen molar-refractivity contribution in [3.8, 4) is 0 Å². The van der Waals surface area contributed by atoms with Gasteiger partial charge in [0.2, 0.25) is 0 Å². The molecule has 0 bridgehead atoms. The number of hydrogen-bond acceptors (Lipinski definition) is 2. The van der Waals surface area contributed by atoms with Gasteiger partial charge in [-0.25, -0.2) is 0 Å². The number of nitrogens with two attached hydrogens (primary N) is 1. The summed E-state index contributed by atoms with van der Waals surface area (Å²) in [4.78, 5) is 2.55. The molecule has 2 nitrogen and oxygen atoms in total. The van der Waals surface area contributed by atoms with Gasteiger partial charge in [0, 0.05) is 19.1 Å². The fourth-order valence-corrected chi connectivity index (χ4v) is 2.73. The van der Waals surface area contributed by atoms with E-state index in [1.807, 2.05) is 0 Å². The molecule has 0 aliphatic carbocycles. The third kappa shape index (κ3) is 3.70. The standard InChI is InChI=1S/C14H22N2.ClH/c1-12-6-5-9-16(14(12)10-15)11-13-7-3-2-4-8-13;/h2-4,7-8,12,14H,5-6,9-11,15H2,1H3;1H. The molecule has 2 atom stereocenters. The van der Waals surface area contributed by atoms with Crippen LogP contribution in [0.2, 0.25) is 0 Å². The zero-order valence-electron chi connectivity index (χ0n) is 10.5. The van der Waals surface area contributed by atoms with E-state index in [9.17, 15) is 0 Å². The zero-order valence-corrected chi connectivity index (χ0v) is 11.3. The largest absolute Gasteiger partial charge is 0.329 e. The second-order valence-electron chi connectivity index (χ2n) is 4.88. The number of rotatable bonds is 3. The van der Waals surface area contributed by atoms with Crippen molar-refractivity contribution in [1.29, 1.82) is 0 Å². The van der Waals surface area contributed by atoms with Crippen molar-refractivity contribution in [2.75, 3.05) is 13.1 Å². The molecule has 1 heterocycles. The smallest absolute Gasteiger partial charge is 0.0247 e. The Morgan fingerprint density at radius 3 is 2.65 bits per heavy atom. The molecule has 0 radical (unpaired) electrons. The van der Waals surface area contributed by atoms with Crippen LogP contribution in [0.4, 0.5) is 0 Å². The van der Waals surface area contributed by atoms with E-state index in [4.69, 9.17) is 5.73 Å². The summed E-state index contributed by atoms with van der Waals surface area (Å²) in [5.41, 5.74) is 7.29. The highest BCUT2D eigenvalue weighted by molar-refractivity contribution is 5.85. The van der Waals surface area contributed by atoms with Crippen LogP contribution in [0.1, 0.15) is 25.3 Å². The van der Waals surface area contributed by atoms with Crippen LogP contribution in [0.3, 0.4) is 0 Å². The van der Waals surface area contributed by atoms with E-state index < -0.39 is 0 Å². The van der Waals surface area contributed by atoms with Crippen molar-refractivity contribution < 1.29 is 0 Å². The average Bonchev–Trinajstić information content (AvgIpc) is 2.31. The number of benzene rings is 1. The molecule has 0 saturated carbocycles. The minimum absolute atomic E-state index is 0. The van der Waals surface area contributed by atoms with Crippen LogP contribution in [-0.2, 0) is 6.54 Å². The van der Waals surface area contributed by atoms with E-state index in [0.29, 0.717) is 6.04 Å². The lowest BCUT2D eigenvalue weighted by Crippen LogP contribution is -2.47. The monoisotopic (exact) mass is 254 g/mol. The van der Waals surface area contributed by atoms with Crippen LogP contribution in [0.15, 0.2) is 30.3 Å². The Morgan fingerprint density at radius 1 is 1.29 bits per heavy atom. The lowest BCUT2D eigenvalue weighted by atomic mass is 9.90. The third-order valence-corrected chi connectivity index (χ3v) is 3.70. The van der Waals surface area contributed by atoms with E-state index in [2.05, 4.69) is 42.2 Å². The highest BCUT2D eigenvalue weighted by Gasteiger charge is 2.26. The molecule has 1 aliphatic heterocycles. The van der Waals surface area contributed by atoms with Gasteiger partial charge in [0.25, 0.3) is 0 Å². The highest BCUT2D eigenvalue weighted by Crippen LogP contribution is 2.24. The molecule has 1 aromatic carbocycles. The van der Waals surface area contributed by atoms with Gasteiger partial charge in [-0.2, -0.15) is 0 Å². The Balaban J connectivity index is 0.00000144. The van der Waals surface area contributed by atoms with E-state index in [0.717, 1.165) is 19.0 Å². The van der Waals surface area contributed by atoms with Crippen LogP contribution in [0.25, 0.3) is 0 Å². The molecule has 2 unspecified atom stereocenters. The number of hydrogen-bond donors (Lipinski definition) is 1. The normalized spacial score (nSPS) is 25.3. The molecule has 17 heavy (non-hydrogen) atoms. The van der Waals surface area contributed by atoms with Crippen LogP contribution >= 0.6 is 12.4 Å². The maximum atomic E-state index is 5.90. The second-order valence-corrected chi connectivity index (χ2v) is 4.88. The summed E-state index contributed by atoms with van der Waals surface area (Å²) in [7, 11) is 0. The van der Waals surface area contributed by atoms with Crippen LogP contribution in [0, 0.1) is 5.92 Å². The van der Waals surface area contributed by atoms with Crippen molar-refractivity contribution in [1.82, 2.24) is 4.90 Å². The molecule has 2 N–H and O–H groups in total. The van der Waals surface area contributed by atoms with E-state index in [1.54, 1.807) is 0 Å². The minimum Gasteiger partial charge on any atom is -0.329 e. The average molecular weight is 255 g/mol. The first-order chi connectivity index (χ1) is 7.81. The van der Waals surface area contributed by atoms with Gasteiger partial charge in [0.05, 0.1) is 0 Å². The van der Waals surface area contributed by atoms with Crippen LogP contribution in [-0.4, -0.2) is 24.0 Å². The van der Waals surface area contributed by atoms with Gasteiger partial charge in [-0.05, 0) is 30.9 Å². The highest BCUT2D eigenvalue weighted by atomic mass is 35.5. The molecule has 1 saturated heterocycles. The van der Waals surface area contributed by atoms with Gasteiger partial charge >= 0.3 is 0 Å². The molecule has 0 aromatic heterocycles. The summed E-state index contributed by atoms with van der Waals surface area (Å²) in [6.07, 6.45) is 2.64. The Kier molecular flexibility index (Phi) is 5.96. The van der Waals surface area contributed by atoms with Crippen molar-refractivity contribution in [2.45, 2.75) is 32.4 Å². The summed E-state index contributed by atoms with van der Waals surface area (Å²) in [5.74, 6) is 0.738. The fraction of sp³-hybridized carbons (Fsp3) is 0.571. The summed E-state index contributed by atoms with van der Waals surface area (Å²) in [6, 6.07) is 11.3. The molecule has 0 spiro atoms. The molecule has 2 rings (SSSR count). The number of likely N-dealkylation sites (tertiary alicyclic amines) is 1. The van der Waals surface area contributed by atoms with Gasteiger partial charge in [-0.15, -0.1) is 12.4 Å². The Hall–Kier alpha value is -0.570. The van der Waals surface area contributed by atoms with E-state index in [1.165, 1.54) is 24.9 Å². The SMILES string of the molecule is CC1CCCN(Cc2ccccc2)C1CN.Cl. The summed E-state index contributed by atoms with van der Waals surface area (Å²) in [6.45, 7) is 5.36. The first kappa shape index (κ1) is 14.5. The fourth-order valence-electron chi connectivity index (χ4n) is 2.73. The van der Waals surface area contributed by atoms with E-state index >= 15 is 0 Å². The van der Waals surface area contributed by atoms with Crippen molar-refractivity contribution >= 4 is 12.4 Å². The Labute approximate surface area is 111 Å². The number of nitrogens with zero attached hydrogens (tertiary/aromatic N) is 1. The van der Waals surface area contributed by atoms with Gasteiger partial charge in [0.15, 0.2) is 0 Å². The van der Waals surface area contributed by atoms with Crippen LogP contribution < -0.4 is 5.73 Å². The van der Waals surface area contributed by atoms with Gasteiger partial charge in [-0.1, -0.05) is 37.3 Å². The second kappa shape index (κ2) is 7.00. The number of halogens is 1. The lowest BCUT2D eigenvalue weighted by Gasteiger charge is -2.39. The molecule has 96 valence electrons. The predicted octanol–water partition coefficient (Wildman–Crippen LogP) is 2.67. The van der Waals surface area contributed by atoms with Crippen LogP contribution in [0.5, 0.6) is 0 Å². The predicted molar refractivity (Wildman–Crippen MR) is 75.3 cm³/mol. The summed E-state index contributed by atoms with van der Waals surface area (Å²) in [5, 5.41) is 0. The molecule has 3 heteroatoms. The molecular weight excluding hydrogens is 232 g/mol. The third-order valence-electron chi connectivity index (χ3n) is 3.70. The maximum Gasteiger partial charge on any atom is 0.0247 e. The Morgan fingerprint density at radius 2 is 2.00 bits per heavy atom. The lowest BCUT2D eigenvalue weighted by molar-refractivity contribution is 0.0991. The molecule has 1 aromatic rings. The van der Waals surface area contributed by atoms with Crippen molar-refractivity contribution in [3.05, 3.63) is 35.9 Å². The quantitative estimate of drug-likeness (QED) is 0.899. The van der Waals surface area contributed by atoms with Gasteiger partial charge in [0.1, 0.15) is 0 Å². The Bertz CT molecular complexity index is 315. The first-order valence-electron chi connectivity index (χ1n) is 6.29. The van der Waals surface area contributed by atoms with E-state index in [-0.39, 0.29) is 12.4 Å². The van der Waals surface area contributed by atoms with Gasteiger partial charge in [-0.3, -0.25) is 4.90 Å². The molecular formula is C14H23ClN2. The molecule has 0 amide bonds. The zero-order chi connectivity index (χ0) is 11.4. The van der Waals surface area contributed by atoms with Gasteiger partial charge < -0.3 is 5.73 Å². The maximum absolute atomic E-state index is 5.90. The minimum atomic E-state index is 0.